The molecule has 0 aromatic heterocycles. The van der Waals surface area contributed by atoms with Crippen molar-refractivity contribution < 1.29 is 9.53 Å². The topological polar surface area (TPSA) is 26.3 Å². The van der Waals surface area contributed by atoms with Crippen molar-refractivity contribution in [3.8, 4) is 0 Å². The van der Waals surface area contributed by atoms with Gasteiger partial charge in [-0.2, -0.15) is 0 Å². The summed E-state index contributed by atoms with van der Waals surface area (Å²) in [4.78, 5) is 12.4. The second kappa shape index (κ2) is 31.7. The van der Waals surface area contributed by atoms with E-state index >= 15 is 0 Å². The molecule has 2 nitrogen and oxygen atoms in total. The van der Waals surface area contributed by atoms with E-state index in [4.69, 9.17) is 4.74 Å². The Morgan fingerprint density at radius 2 is 0.730 bits per heavy atom. The molecule has 0 saturated heterocycles. The maximum atomic E-state index is 12.4. The van der Waals surface area contributed by atoms with E-state index in [1.807, 2.05) is 0 Å². The minimum absolute atomic E-state index is 0.0518. The molecule has 0 aromatic carbocycles. The van der Waals surface area contributed by atoms with Gasteiger partial charge in [-0.1, -0.05) is 181 Å². The predicted molar refractivity (Wildman–Crippen MR) is 165 cm³/mol. The van der Waals surface area contributed by atoms with Crippen LogP contribution in [-0.4, -0.2) is 12.6 Å². The predicted octanol–water partition coefficient (Wildman–Crippen LogP) is 12.5. The molecule has 0 aliphatic heterocycles. The number of ether oxygens (including phenoxy) is 1. The molecule has 37 heavy (non-hydrogen) atoms. The molecule has 0 aliphatic carbocycles. The van der Waals surface area contributed by atoms with Gasteiger partial charge in [0.2, 0.25) is 0 Å². The van der Waals surface area contributed by atoms with Crippen molar-refractivity contribution in [2.24, 2.45) is 5.92 Å². The van der Waals surface area contributed by atoms with Crippen LogP contribution in [0.1, 0.15) is 207 Å². The zero-order valence-corrected chi connectivity index (χ0v) is 26.1. The highest BCUT2D eigenvalue weighted by molar-refractivity contribution is 5.69. The molecule has 1 atom stereocenters. The highest BCUT2D eigenvalue weighted by atomic mass is 16.5. The molecule has 1 unspecified atom stereocenters. The van der Waals surface area contributed by atoms with Crippen LogP contribution in [0.2, 0.25) is 0 Å². The minimum Gasteiger partial charge on any atom is -0.465 e. The van der Waals surface area contributed by atoms with Crippen molar-refractivity contribution in [3.63, 3.8) is 0 Å². The van der Waals surface area contributed by atoms with Gasteiger partial charge in [-0.15, -0.1) is 0 Å². The molecule has 0 aliphatic rings. The van der Waals surface area contributed by atoms with Crippen LogP contribution in [-0.2, 0) is 9.53 Å². The van der Waals surface area contributed by atoms with E-state index < -0.39 is 0 Å². The molecule has 2 heteroatoms. The van der Waals surface area contributed by atoms with E-state index in [1.54, 1.807) is 0 Å². The van der Waals surface area contributed by atoms with Crippen LogP contribution >= 0.6 is 0 Å². The largest absolute Gasteiger partial charge is 0.465 e. The quantitative estimate of drug-likeness (QED) is 0.0668. The fourth-order valence-electron chi connectivity index (χ4n) is 5.48. The first-order valence-electron chi connectivity index (χ1n) is 17.4. The molecule has 0 rings (SSSR count). The van der Waals surface area contributed by atoms with Gasteiger partial charge in [-0.05, 0) is 25.2 Å². The lowest BCUT2D eigenvalue weighted by Gasteiger charge is -2.17. The van der Waals surface area contributed by atoms with E-state index in [2.05, 4.69) is 20.8 Å². The van der Waals surface area contributed by atoms with E-state index in [-0.39, 0.29) is 5.97 Å². The van der Waals surface area contributed by atoms with Crippen LogP contribution in [0.15, 0.2) is 0 Å². The fourth-order valence-corrected chi connectivity index (χ4v) is 5.48. The Balaban J connectivity index is 3.87. The van der Waals surface area contributed by atoms with Crippen molar-refractivity contribution in [2.75, 3.05) is 6.61 Å². The molecule has 0 spiro atoms. The molecule has 0 bridgehead atoms. The maximum Gasteiger partial charge on any atom is 0.305 e. The fraction of sp³-hybridized carbons (Fsp3) is 0.971. The molecule has 0 amide bonds. The zero-order valence-electron chi connectivity index (χ0n) is 26.1. The molecule has 0 fully saturated rings. The van der Waals surface area contributed by atoms with Crippen LogP contribution in [0.3, 0.4) is 0 Å². The smallest absolute Gasteiger partial charge is 0.305 e. The number of rotatable bonds is 31. The second-order valence-electron chi connectivity index (χ2n) is 12.0. The molecule has 0 radical (unpaired) electrons. The van der Waals surface area contributed by atoms with Gasteiger partial charge in [0.15, 0.2) is 0 Å². The summed E-state index contributed by atoms with van der Waals surface area (Å²) >= 11 is 0. The summed E-state index contributed by atoms with van der Waals surface area (Å²) in [6.45, 7) is 7.52. The molecule has 222 valence electrons. The van der Waals surface area contributed by atoms with Crippen molar-refractivity contribution in [2.45, 2.75) is 207 Å². The molecular weight excluding hydrogens is 452 g/mol. The summed E-state index contributed by atoms with van der Waals surface area (Å²) in [5.41, 5.74) is 0. The van der Waals surface area contributed by atoms with Gasteiger partial charge in [0.05, 0.1) is 6.61 Å². The number of hydrogen-bond donors (Lipinski definition) is 0. The summed E-state index contributed by atoms with van der Waals surface area (Å²) in [5, 5.41) is 0. The number of esters is 1. The monoisotopic (exact) mass is 523 g/mol. The van der Waals surface area contributed by atoms with Crippen LogP contribution in [0, 0.1) is 5.92 Å². The average Bonchev–Trinajstić information content (AvgIpc) is 2.90. The summed E-state index contributed by atoms with van der Waals surface area (Å²) in [5.74, 6) is 0.633. The molecule has 0 N–H and O–H groups in total. The van der Waals surface area contributed by atoms with E-state index in [0.29, 0.717) is 18.9 Å². The van der Waals surface area contributed by atoms with Gasteiger partial charge >= 0.3 is 5.97 Å². The third-order valence-corrected chi connectivity index (χ3v) is 8.15. The first kappa shape index (κ1) is 36.5. The molecule has 0 heterocycles. The third-order valence-electron chi connectivity index (χ3n) is 8.15. The molecule has 0 saturated carbocycles. The van der Waals surface area contributed by atoms with Crippen LogP contribution < -0.4 is 0 Å². The van der Waals surface area contributed by atoms with Gasteiger partial charge in [0.1, 0.15) is 0 Å². The normalized spacial score (nSPS) is 12.2. The molecule has 0 aromatic rings. The Hall–Kier alpha value is -0.530. The summed E-state index contributed by atoms with van der Waals surface area (Å²) in [7, 11) is 0. The van der Waals surface area contributed by atoms with Gasteiger partial charge in [-0.25, -0.2) is 0 Å². The Morgan fingerprint density at radius 1 is 0.432 bits per heavy atom. The van der Waals surface area contributed by atoms with Crippen LogP contribution in [0.4, 0.5) is 0 Å². The highest BCUT2D eigenvalue weighted by Gasteiger charge is 2.12. The Morgan fingerprint density at radius 3 is 1.08 bits per heavy atom. The second-order valence-corrected chi connectivity index (χ2v) is 12.0. The standard InChI is InChI=1S/C35H70O2/c1-4-7-10-13-16-18-19-20-21-23-26-29-32-35(36)37-33-34(30-27-24-15-12-9-6-3)31-28-25-22-17-14-11-8-5-2/h34H,4-33H2,1-3H3. The van der Waals surface area contributed by atoms with Crippen molar-refractivity contribution in [3.05, 3.63) is 0 Å². The number of carbonyl (C=O) groups excluding carboxylic acids is 1. The van der Waals surface area contributed by atoms with E-state index in [9.17, 15) is 4.79 Å². The SMILES string of the molecule is CCCCCCCCCCCCCCC(=O)OCC(CCCCCCCC)CCCCCCCCCC. The van der Waals surface area contributed by atoms with Gasteiger partial charge in [0, 0.05) is 6.42 Å². The van der Waals surface area contributed by atoms with Crippen molar-refractivity contribution >= 4 is 5.97 Å². The summed E-state index contributed by atoms with van der Waals surface area (Å²) in [6.07, 6.45) is 38.2. The molecular formula is C35H70O2. The van der Waals surface area contributed by atoms with E-state index in [0.717, 1.165) is 6.42 Å². The van der Waals surface area contributed by atoms with Crippen LogP contribution in [0.5, 0.6) is 0 Å². The van der Waals surface area contributed by atoms with Crippen molar-refractivity contribution in [1.29, 1.82) is 0 Å². The third kappa shape index (κ3) is 29.9. The zero-order chi connectivity index (χ0) is 27.1. The first-order valence-corrected chi connectivity index (χ1v) is 17.4. The Bertz CT molecular complexity index is 433. The maximum absolute atomic E-state index is 12.4. The number of carbonyl (C=O) groups is 1. The van der Waals surface area contributed by atoms with Crippen molar-refractivity contribution in [1.82, 2.24) is 0 Å². The number of hydrogen-bond acceptors (Lipinski definition) is 2. The minimum atomic E-state index is 0.0518. The number of unbranched alkanes of at least 4 members (excludes halogenated alkanes) is 23. The lowest BCUT2D eigenvalue weighted by molar-refractivity contribution is -0.145. The van der Waals surface area contributed by atoms with Crippen LogP contribution in [0.25, 0.3) is 0 Å². The summed E-state index contributed by atoms with van der Waals surface area (Å²) < 4.78 is 5.78. The average molecular weight is 523 g/mol. The highest BCUT2D eigenvalue weighted by Crippen LogP contribution is 2.20. The summed E-state index contributed by atoms with van der Waals surface area (Å²) in [6, 6.07) is 0. The first-order chi connectivity index (χ1) is 18.2. The Labute approximate surface area is 234 Å². The lowest BCUT2D eigenvalue weighted by Crippen LogP contribution is -2.14. The Kier molecular flexibility index (Phi) is 31.2. The van der Waals surface area contributed by atoms with E-state index in [1.165, 1.54) is 173 Å². The van der Waals surface area contributed by atoms with Gasteiger partial charge in [0.25, 0.3) is 0 Å². The lowest BCUT2D eigenvalue weighted by atomic mass is 9.94. The van der Waals surface area contributed by atoms with Gasteiger partial charge < -0.3 is 4.74 Å². The van der Waals surface area contributed by atoms with Gasteiger partial charge in [-0.3, -0.25) is 4.79 Å².